The lowest BCUT2D eigenvalue weighted by atomic mass is 9.83. The molecular formula is C17H20ClNO3. The van der Waals surface area contributed by atoms with Crippen LogP contribution in [0.4, 0.5) is 5.69 Å². The van der Waals surface area contributed by atoms with Crippen LogP contribution in [0.1, 0.15) is 18.9 Å². The molecule has 1 aromatic carbocycles. The minimum atomic E-state index is -1.66. The number of aliphatic hydroxyl groups excluding tert-OH is 1. The Bertz CT molecular complexity index is 614. The fraction of sp³-hybridized carbons (Fsp3) is 0.353. The van der Waals surface area contributed by atoms with E-state index in [4.69, 9.17) is 16.7 Å². The maximum Gasteiger partial charge on any atom is 0.264 e. The van der Waals surface area contributed by atoms with Gasteiger partial charge in [-0.25, -0.2) is 0 Å². The first-order chi connectivity index (χ1) is 10.5. The summed E-state index contributed by atoms with van der Waals surface area (Å²) in [4.78, 5) is 14.3. The maximum atomic E-state index is 12.8. The molecule has 2 rings (SSSR count). The highest BCUT2D eigenvalue weighted by atomic mass is 35.5. The molecule has 0 aromatic heterocycles. The first-order valence-corrected chi connectivity index (χ1v) is 7.57. The van der Waals surface area contributed by atoms with Crippen molar-refractivity contribution >= 4 is 23.2 Å². The number of carbonyl (C=O) groups is 1. The highest BCUT2D eigenvalue weighted by molar-refractivity contribution is 6.31. The number of benzene rings is 1. The van der Waals surface area contributed by atoms with Crippen LogP contribution >= 0.6 is 11.6 Å². The summed E-state index contributed by atoms with van der Waals surface area (Å²) in [5.41, 5.74) is -0.498. The molecule has 2 atom stereocenters. The number of hydrogen-bond donors (Lipinski definition) is 2. The second-order valence-corrected chi connectivity index (χ2v) is 5.80. The van der Waals surface area contributed by atoms with Crippen molar-refractivity contribution in [2.24, 2.45) is 5.92 Å². The summed E-state index contributed by atoms with van der Waals surface area (Å²) in [6.45, 7) is 5.78. The lowest BCUT2D eigenvalue weighted by Crippen LogP contribution is -2.44. The first-order valence-electron chi connectivity index (χ1n) is 7.19. The van der Waals surface area contributed by atoms with E-state index in [0.29, 0.717) is 29.2 Å². The third-order valence-corrected chi connectivity index (χ3v) is 4.16. The van der Waals surface area contributed by atoms with Crippen molar-refractivity contribution in [3.8, 4) is 0 Å². The maximum absolute atomic E-state index is 12.8. The number of hydrogen-bond acceptors (Lipinski definition) is 3. The van der Waals surface area contributed by atoms with Crippen LogP contribution in [0.5, 0.6) is 0 Å². The van der Waals surface area contributed by atoms with Crippen molar-refractivity contribution in [3.05, 3.63) is 53.6 Å². The molecule has 118 valence electrons. The number of carbonyl (C=O) groups excluding carboxylic acids is 1. The van der Waals surface area contributed by atoms with Crippen molar-refractivity contribution in [2.75, 3.05) is 18.1 Å². The fourth-order valence-electron chi connectivity index (χ4n) is 2.74. The van der Waals surface area contributed by atoms with Crippen LogP contribution in [-0.2, 0) is 10.4 Å². The van der Waals surface area contributed by atoms with Crippen molar-refractivity contribution in [3.63, 3.8) is 0 Å². The van der Waals surface area contributed by atoms with E-state index in [9.17, 15) is 9.90 Å². The number of amides is 1. The SMILES string of the molecule is C=CCN1C(=O)[C@@](O)([C@@H](C)/C=C/CCO)c2cc(Cl)ccc21. The average Bonchev–Trinajstić information content (AvgIpc) is 2.71. The largest absolute Gasteiger partial charge is 0.396 e. The van der Waals surface area contributed by atoms with Gasteiger partial charge in [-0.15, -0.1) is 6.58 Å². The minimum absolute atomic E-state index is 0.0284. The summed E-state index contributed by atoms with van der Waals surface area (Å²) in [6.07, 6.45) is 5.61. The molecule has 0 spiro atoms. The van der Waals surface area contributed by atoms with Gasteiger partial charge in [0.05, 0.1) is 5.69 Å². The molecule has 0 radical (unpaired) electrons. The molecule has 0 aliphatic carbocycles. The molecule has 1 aromatic rings. The van der Waals surface area contributed by atoms with Crippen molar-refractivity contribution in [1.82, 2.24) is 0 Å². The van der Waals surface area contributed by atoms with Gasteiger partial charge in [0.2, 0.25) is 0 Å². The van der Waals surface area contributed by atoms with E-state index in [-0.39, 0.29) is 12.5 Å². The second kappa shape index (κ2) is 6.65. The zero-order valence-electron chi connectivity index (χ0n) is 12.5. The monoisotopic (exact) mass is 321 g/mol. The summed E-state index contributed by atoms with van der Waals surface area (Å²) >= 11 is 6.04. The van der Waals surface area contributed by atoms with E-state index in [2.05, 4.69) is 6.58 Å². The van der Waals surface area contributed by atoms with Crippen LogP contribution in [0.3, 0.4) is 0 Å². The number of anilines is 1. The predicted molar refractivity (Wildman–Crippen MR) is 87.9 cm³/mol. The second-order valence-electron chi connectivity index (χ2n) is 5.36. The highest BCUT2D eigenvalue weighted by Gasteiger charge is 2.52. The Kier molecular flexibility index (Phi) is 5.06. The lowest BCUT2D eigenvalue weighted by Gasteiger charge is -2.27. The topological polar surface area (TPSA) is 60.8 Å². The van der Waals surface area contributed by atoms with Gasteiger partial charge < -0.3 is 15.1 Å². The van der Waals surface area contributed by atoms with Gasteiger partial charge in [-0.1, -0.05) is 36.8 Å². The molecule has 4 nitrogen and oxygen atoms in total. The Morgan fingerprint density at radius 2 is 2.23 bits per heavy atom. The van der Waals surface area contributed by atoms with Gasteiger partial charge >= 0.3 is 0 Å². The quantitative estimate of drug-likeness (QED) is 0.792. The van der Waals surface area contributed by atoms with Crippen molar-refractivity contribution in [2.45, 2.75) is 18.9 Å². The Morgan fingerprint density at radius 3 is 2.86 bits per heavy atom. The van der Waals surface area contributed by atoms with Crippen LogP contribution in [0, 0.1) is 5.92 Å². The average molecular weight is 322 g/mol. The normalized spacial score (nSPS) is 22.2. The van der Waals surface area contributed by atoms with Gasteiger partial charge in [-0.3, -0.25) is 4.79 Å². The molecule has 0 bridgehead atoms. The number of aliphatic hydroxyl groups is 2. The van der Waals surface area contributed by atoms with Crippen molar-refractivity contribution < 1.29 is 15.0 Å². The molecule has 1 aliphatic heterocycles. The van der Waals surface area contributed by atoms with E-state index in [1.165, 1.54) is 4.90 Å². The zero-order valence-corrected chi connectivity index (χ0v) is 13.3. The Balaban J connectivity index is 2.49. The van der Waals surface area contributed by atoms with E-state index in [0.717, 1.165) is 0 Å². The van der Waals surface area contributed by atoms with Crippen LogP contribution < -0.4 is 4.90 Å². The molecule has 0 unspecified atom stereocenters. The zero-order chi connectivity index (χ0) is 16.3. The van der Waals surface area contributed by atoms with E-state index in [1.54, 1.807) is 43.4 Å². The fourth-order valence-corrected chi connectivity index (χ4v) is 2.92. The number of nitrogens with zero attached hydrogens (tertiary/aromatic N) is 1. The molecular weight excluding hydrogens is 302 g/mol. The van der Waals surface area contributed by atoms with Gasteiger partial charge in [0.25, 0.3) is 5.91 Å². The van der Waals surface area contributed by atoms with E-state index in [1.807, 2.05) is 0 Å². The number of rotatable bonds is 6. The van der Waals surface area contributed by atoms with Crippen LogP contribution in [-0.4, -0.2) is 29.3 Å². The first kappa shape index (κ1) is 16.7. The Morgan fingerprint density at radius 1 is 1.50 bits per heavy atom. The van der Waals surface area contributed by atoms with Gasteiger partial charge in [0.1, 0.15) is 0 Å². The predicted octanol–water partition coefficient (Wildman–Crippen LogP) is 2.63. The smallest absolute Gasteiger partial charge is 0.264 e. The third kappa shape index (κ3) is 2.70. The molecule has 1 aliphatic rings. The van der Waals surface area contributed by atoms with Gasteiger partial charge in [-0.05, 0) is 24.6 Å². The molecule has 1 amide bonds. The van der Waals surface area contributed by atoms with Gasteiger partial charge in [0, 0.05) is 29.7 Å². The number of halogens is 1. The summed E-state index contributed by atoms with van der Waals surface area (Å²) in [6, 6.07) is 5.07. The highest BCUT2D eigenvalue weighted by Crippen LogP contribution is 2.46. The van der Waals surface area contributed by atoms with E-state index >= 15 is 0 Å². The van der Waals surface area contributed by atoms with Crippen LogP contribution in [0.15, 0.2) is 43.0 Å². The lowest BCUT2D eigenvalue weighted by molar-refractivity contribution is -0.139. The molecule has 1 heterocycles. The standard InChI is InChI=1S/C17H20ClNO3/c1-3-9-19-15-8-7-13(18)11-14(15)17(22,16(19)21)12(2)6-4-5-10-20/h3-4,6-8,11-12,20,22H,1,5,9-10H2,2H3/b6-4+/t12-,17+/m0/s1. The third-order valence-electron chi connectivity index (χ3n) is 3.92. The van der Waals surface area contributed by atoms with Crippen LogP contribution in [0.25, 0.3) is 0 Å². The molecule has 0 saturated carbocycles. The molecule has 22 heavy (non-hydrogen) atoms. The summed E-state index contributed by atoms with van der Waals surface area (Å²) in [5.74, 6) is -0.829. The molecule has 0 saturated heterocycles. The Hall–Kier alpha value is -1.62. The molecule has 5 heteroatoms. The minimum Gasteiger partial charge on any atom is -0.396 e. The summed E-state index contributed by atoms with van der Waals surface area (Å²) in [5, 5.41) is 20.4. The summed E-state index contributed by atoms with van der Waals surface area (Å²) < 4.78 is 0. The van der Waals surface area contributed by atoms with Gasteiger partial charge in [0.15, 0.2) is 5.60 Å². The molecule has 2 N–H and O–H groups in total. The molecule has 0 fully saturated rings. The van der Waals surface area contributed by atoms with Crippen LogP contribution in [0.2, 0.25) is 5.02 Å². The summed E-state index contributed by atoms with van der Waals surface area (Å²) in [7, 11) is 0. The number of fused-ring (bicyclic) bond motifs is 1. The van der Waals surface area contributed by atoms with Gasteiger partial charge in [-0.2, -0.15) is 0 Å². The van der Waals surface area contributed by atoms with Crippen molar-refractivity contribution in [1.29, 1.82) is 0 Å². The van der Waals surface area contributed by atoms with E-state index < -0.39 is 11.5 Å². The Labute approximate surface area is 135 Å².